The van der Waals surface area contributed by atoms with Gasteiger partial charge in [0.05, 0.1) is 15.6 Å². The minimum absolute atomic E-state index is 0.120. The van der Waals surface area contributed by atoms with Gasteiger partial charge in [-0.1, -0.05) is 0 Å². The van der Waals surface area contributed by atoms with Crippen LogP contribution in [0.3, 0.4) is 0 Å². The van der Waals surface area contributed by atoms with Gasteiger partial charge in [0.15, 0.2) is 0 Å². The van der Waals surface area contributed by atoms with E-state index in [0.717, 1.165) is 6.20 Å². The van der Waals surface area contributed by atoms with E-state index >= 15 is 0 Å². The number of pyridine rings is 1. The van der Waals surface area contributed by atoms with E-state index in [9.17, 15) is 8.78 Å². The minimum Gasteiger partial charge on any atom is -0.247 e. The summed E-state index contributed by atoms with van der Waals surface area (Å²) in [4.78, 5) is 3.71. The summed E-state index contributed by atoms with van der Waals surface area (Å²) in [6.45, 7) is 0. The maximum atomic E-state index is 12.4. The monoisotopic (exact) mass is 310 g/mol. The number of halogens is 4. The highest BCUT2D eigenvalue weighted by molar-refractivity contribution is 9.13. The summed E-state index contributed by atoms with van der Waals surface area (Å²) < 4.78 is 25.2. The number of hydrogen-bond donors (Lipinski definition) is 0. The molecule has 0 N–H and O–H groups in total. The smallest absolute Gasteiger partial charge is 0.247 e. The summed E-state index contributed by atoms with van der Waals surface area (Å²) in [5.41, 5.74) is -0.450. The third kappa shape index (κ3) is 2.03. The van der Waals surface area contributed by atoms with E-state index in [-0.39, 0.29) is 20.2 Å². The first-order chi connectivity index (χ1) is 6.07. The maximum Gasteiger partial charge on any atom is 0.266 e. The highest BCUT2D eigenvalue weighted by Gasteiger charge is 2.19. The highest BCUT2D eigenvalue weighted by Crippen LogP contribution is 2.33. The van der Waals surface area contributed by atoms with E-state index in [2.05, 4.69) is 36.8 Å². The lowest BCUT2D eigenvalue weighted by atomic mass is 10.2. The Kier molecular flexibility index (Phi) is 3.33. The first kappa shape index (κ1) is 10.5. The van der Waals surface area contributed by atoms with Crippen molar-refractivity contribution < 1.29 is 8.78 Å². The molecule has 1 aromatic rings. The molecule has 1 rings (SSSR count). The lowest BCUT2D eigenvalue weighted by molar-refractivity contribution is 0.150. The van der Waals surface area contributed by atoms with Crippen molar-refractivity contribution in [2.45, 2.75) is 6.43 Å². The molecule has 0 aromatic carbocycles. The molecule has 0 amide bonds. The molecule has 0 unspecified atom stereocenters. The molecule has 0 fully saturated rings. The van der Waals surface area contributed by atoms with Gasteiger partial charge in [0, 0.05) is 6.20 Å². The molecule has 0 aliphatic heterocycles. The average molecular weight is 312 g/mol. The molecule has 6 heteroatoms. The summed E-state index contributed by atoms with van der Waals surface area (Å²) in [5, 5.41) is 8.52. The van der Waals surface area contributed by atoms with Crippen LogP contribution >= 0.6 is 31.9 Å². The van der Waals surface area contributed by atoms with E-state index in [1.54, 1.807) is 6.07 Å². The van der Waals surface area contributed by atoms with Crippen molar-refractivity contribution in [2.24, 2.45) is 0 Å². The molecule has 2 nitrogen and oxygen atoms in total. The number of hydrogen-bond acceptors (Lipinski definition) is 2. The summed E-state index contributed by atoms with van der Waals surface area (Å²) in [5.74, 6) is 0. The Morgan fingerprint density at radius 3 is 2.54 bits per heavy atom. The molecule has 0 aliphatic rings. The maximum absolute atomic E-state index is 12.4. The fourth-order valence-electron chi connectivity index (χ4n) is 0.779. The van der Waals surface area contributed by atoms with E-state index in [1.165, 1.54) is 0 Å². The Balaban J connectivity index is 3.43. The molecule has 1 aromatic heterocycles. The van der Waals surface area contributed by atoms with Crippen molar-refractivity contribution in [3.63, 3.8) is 0 Å². The first-order valence-electron chi connectivity index (χ1n) is 3.10. The molecule has 1 heterocycles. The lowest BCUT2D eigenvalue weighted by Gasteiger charge is -2.05. The molecule has 0 bridgehead atoms. The number of nitrogens with zero attached hydrogens (tertiary/aromatic N) is 2. The molecular weight excluding hydrogens is 310 g/mol. The van der Waals surface area contributed by atoms with Crippen molar-refractivity contribution in [2.75, 3.05) is 0 Å². The standard InChI is InChI=1S/C7H2Br2F2N2/c8-5-4(7(10)11)3(1-12)2-13-6(5)9/h2,7H. The van der Waals surface area contributed by atoms with Crippen LogP contribution < -0.4 is 0 Å². The zero-order valence-corrected chi connectivity index (χ0v) is 9.23. The second-order valence-corrected chi connectivity index (χ2v) is 3.65. The highest BCUT2D eigenvalue weighted by atomic mass is 79.9. The summed E-state index contributed by atoms with van der Waals surface area (Å²) in [6.07, 6.45) is -1.58. The zero-order chi connectivity index (χ0) is 10.0. The van der Waals surface area contributed by atoms with Gasteiger partial charge in [-0.25, -0.2) is 13.8 Å². The van der Waals surface area contributed by atoms with Crippen LogP contribution in [0.5, 0.6) is 0 Å². The van der Waals surface area contributed by atoms with Crippen LogP contribution in [0.1, 0.15) is 17.6 Å². The van der Waals surface area contributed by atoms with Gasteiger partial charge < -0.3 is 0 Å². The van der Waals surface area contributed by atoms with Crippen LogP contribution in [-0.2, 0) is 0 Å². The van der Waals surface area contributed by atoms with Crippen molar-refractivity contribution in [3.05, 3.63) is 26.4 Å². The fraction of sp³-hybridized carbons (Fsp3) is 0.143. The van der Waals surface area contributed by atoms with Gasteiger partial charge in [0.2, 0.25) is 0 Å². The van der Waals surface area contributed by atoms with Crippen LogP contribution in [-0.4, -0.2) is 4.98 Å². The fourth-order valence-corrected chi connectivity index (χ4v) is 1.58. The molecule has 0 radical (unpaired) electrons. The first-order valence-corrected chi connectivity index (χ1v) is 4.68. The van der Waals surface area contributed by atoms with Crippen LogP contribution in [0.4, 0.5) is 8.78 Å². The van der Waals surface area contributed by atoms with Gasteiger partial charge >= 0.3 is 0 Å². The Morgan fingerprint density at radius 2 is 2.08 bits per heavy atom. The van der Waals surface area contributed by atoms with Crippen molar-refractivity contribution >= 4 is 31.9 Å². The Morgan fingerprint density at radius 1 is 1.46 bits per heavy atom. The third-order valence-electron chi connectivity index (χ3n) is 1.35. The average Bonchev–Trinajstić information content (AvgIpc) is 2.08. The second kappa shape index (κ2) is 4.11. The van der Waals surface area contributed by atoms with E-state index < -0.39 is 6.43 Å². The van der Waals surface area contributed by atoms with Crippen LogP contribution in [0.2, 0.25) is 0 Å². The summed E-state index contributed by atoms with van der Waals surface area (Å²) >= 11 is 5.91. The van der Waals surface area contributed by atoms with Gasteiger partial charge in [0.1, 0.15) is 10.7 Å². The Labute approximate surface area is 89.8 Å². The summed E-state index contributed by atoms with van der Waals surface area (Å²) in [6, 6.07) is 1.65. The van der Waals surface area contributed by atoms with E-state index in [4.69, 9.17) is 5.26 Å². The van der Waals surface area contributed by atoms with Crippen molar-refractivity contribution in [1.82, 2.24) is 4.98 Å². The summed E-state index contributed by atoms with van der Waals surface area (Å²) in [7, 11) is 0. The second-order valence-electron chi connectivity index (χ2n) is 2.10. The number of aromatic nitrogens is 1. The van der Waals surface area contributed by atoms with Gasteiger partial charge in [-0.05, 0) is 31.9 Å². The largest absolute Gasteiger partial charge is 0.266 e. The lowest BCUT2D eigenvalue weighted by Crippen LogP contribution is -1.95. The molecule has 68 valence electrons. The zero-order valence-electron chi connectivity index (χ0n) is 6.06. The van der Waals surface area contributed by atoms with Crippen LogP contribution in [0.15, 0.2) is 15.3 Å². The van der Waals surface area contributed by atoms with E-state index in [1.807, 2.05) is 0 Å². The SMILES string of the molecule is N#Cc1cnc(Br)c(Br)c1C(F)F. The molecule has 0 atom stereocenters. The van der Waals surface area contributed by atoms with Gasteiger partial charge in [-0.15, -0.1) is 0 Å². The molecule has 0 saturated carbocycles. The Bertz CT molecular complexity index is 373. The Hall–Kier alpha value is -0.540. The van der Waals surface area contributed by atoms with Gasteiger partial charge in [0.25, 0.3) is 6.43 Å². The molecule has 0 spiro atoms. The van der Waals surface area contributed by atoms with E-state index in [0.29, 0.717) is 0 Å². The number of alkyl halides is 2. The van der Waals surface area contributed by atoms with Crippen LogP contribution in [0, 0.1) is 11.3 Å². The predicted molar refractivity (Wildman–Crippen MR) is 49.3 cm³/mol. The molecule has 0 aliphatic carbocycles. The molecular formula is C7H2Br2F2N2. The van der Waals surface area contributed by atoms with Crippen LogP contribution in [0.25, 0.3) is 0 Å². The van der Waals surface area contributed by atoms with Gasteiger partial charge in [-0.2, -0.15) is 5.26 Å². The quantitative estimate of drug-likeness (QED) is 0.745. The minimum atomic E-state index is -2.69. The third-order valence-corrected chi connectivity index (χ3v) is 3.29. The normalized spacial score (nSPS) is 10.2. The van der Waals surface area contributed by atoms with Crippen molar-refractivity contribution in [3.8, 4) is 6.07 Å². The predicted octanol–water partition coefficient (Wildman–Crippen LogP) is 3.42. The molecule has 13 heavy (non-hydrogen) atoms. The number of nitriles is 1. The van der Waals surface area contributed by atoms with Crippen molar-refractivity contribution in [1.29, 1.82) is 5.26 Å². The topological polar surface area (TPSA) is 36.7 Å². The van der Waals surface area contributed by atoms with Gasteiger partial charge in [-0.3, -0.25) is 0 Å². The number of rotatable bonds is 1. The molecule has 0 saturated heterocycles.